The van der Waals surface area contributed by atoms with Crippen LogP contribution in [0.3, 0.4) is 0 Å². The van der Waals surface area contributed by atoms with E-state index in [9.17, 15) is 18.0 Å². The van der Waals surface area contributed by atoms with Crippen molar-refractivity contribution in [2.24, 2.45) is 0 Å². The summed E-state index contributed by atoms with van der Waals surface area (Å²) in [6.45, 7) is 0.136. The lowest BCUT2D eigenvalue weighted by Crippen LogP contribution is -2.42. The van der Waals surface area contributed by atoms with Gasteiger partial charge in [0.25, 0.3) is 5.91 Å². The highest BCUT2D eigenvalue weighted by atomic mass is 32.2. The molecule has 0 aliphatic rings. The molecule has 0 aliphatic heterocycles. The van der Waals surface area contributed by atoms with Crippen LogP contribution in [-0.4, -0.2) is 26.0 Å². The molecule has 0 spiro atoms. The maximum absolute atomic E-state index is 12.5. The number of amides is 2. The fourth-order valence-corrected chi connectivity index (χ4v) is 5.03. The number of carbonyl (C=O) groups is 2. The first-order valence-corrected chi connectivity index (χ1v) is 12.2. The Kier molecular flexibility index (Phi) is 7.63. The van der Waals surface area contributed by atoms with Crippen molar-refractivity contribution in [3.05, 3.63) is 83.2 Å². The van der Waals surface area contributed by atoms with Crippen molar-refractivity contribution < 1.29 is 18.0 Å². The number of nitrogens with one attached hydrogen (secondary N) is 3. The number of thioether (sulfide) groups is 1. The highest BCUT2D eigenvalue weighted by molar-refractivity contribution is 8.01. The second kappa shape index (κ2) is 10.4. The van der Waals surface area contributed by atoms with Crippen molar-refractivity contribution in [3.63, 3.8) is 0 Å². The molecule has 0 saturated carbocycles. The van der Waals surface area contributed by atoms with Gasteiger partial charge in [-0.1, -0.05) is 42.5 Å². The van der Waals surface area contributed by atoms with Gasteiger partial charge in [0.1, 0.15) is 0 Å². The van der Waals surface area contributed by atoms with E-state index >= 15 is 0 Å². The number of sulfonamides is 1. The van der Waals surface area contributed by atoms with Crippen LogP contribution in [0.25, 0.3) is 0 Å². The van der Waals surface area contributed by atoms with Crippen LogP contribution < -0.4 is 15.6 Å². The maximum atomic E-state index is 12.5. The molecule has 1 aromatic heterocycles. The molecule has 10 heteroatoms. The molecule has 2 aromatic carbocycles. The van der Waals surface area contributed by atoms with E-state index in [0.29, 0.717) is 0 Å². The minimum absolute atomic E-state index is 0.0364. The molecule has 2 amide bonds. The average molecular weight is 462 g/mol. The Morgan fingerprint density at radius 2 is 1.73 bits per heavy atom. The molecule has 0 fully saturated rings. The van der Waals surface area contributed by atoms with Gasteiger partial charge in [-0.2, -0.15) is 0 Å². The van der Waals surface area contributed by atoms with Gasteiger partial charge in [0, 0.05) is 12.1 Å². The van der Waals surface area contributed by atoms with Crippen molar-refractivity contribution in [3.8, 4) is 0 Å². The number of hydrazine groups is 1. The summed E-state index contributed by atoms with van der Waals surface area (Å²) in [7, 11) is -3.80. The highest BCUT2D eigenvalue weighted by Gasteiger charge is 2.16. The van der Waals surface area contributed by atoms with E-state index < -0.39 is 15.9 Å². The smallest absolute Gasteiger partial charge is 0.269 e. The van der Waals surface area contributed by atoms with E-state index in [4.69, 9.17) is 0 Å². The SMILES string of the molecule is O=C(CSc1cccs1)NNC(=O)c1cccc(S(=O)(=O)NCc2ccccc2)c1. The predicted octanol–water partition coefficient (Wildman–Crippen LogP) is 2.78. The van der Waals surface area contributed by atoms with E-state index in [-0.39, 0.29) is 28.7 Å². The van der Waals surface area contributed by atoms with Crippen molar-refractivity contribution in [2.75, 3.05) is 5.75 Å². The molecule has 3 N–H and O–H groups in total. The van der Waals surface area contributed by atoms with Gasteiger partial charge in [0.15, 0.2) is 0 Å². The number of hydrogen-bond acceptors (Lipinski definition) is 6. The zero-order chi connectivity index (χ0) is 21.4. The largest absolute Gasteiger partial charge is 0.272 e. The van der Waals surface area contributed by atoms with Crippen LogP contribution in [0, 0.1) is 0 Å². The average Bonchev–Trinajstić information content (AvgIpc) is 3.29. The number of hydrogen-bond donors (Lipinski definition) is 3. The van der Waals surface area contributed by atoms with Gasteiger partial charge in [-0.15, -0.1) is 23.1 Å². The molecule has 7 nitrogen and oxygen atoms in total. The fourth-order valence-electron chi connectivity index (χ4n) is 2.38. The quantitative estimate of drug-likeness (QED) is 0.353. The van der Waals surface area contributed by atoms with E-state index in [1.165, 1.54) is 47.4 Å². The summed E-state index contributed by atoms with van der Waals surface area (Å²) >= 11 is 2.88. The molecule has 0 unspecified atom stereocenters. The summed E-state index contributed by atoms with van der Waals surface area (Å²) in [5.74, 6) is -0.821. The van der Waals surface area contributed by atoms with Gasteiger partial charge in [-0.3, -0.25) is 20.4 Å². The molecule has 0 bridgehead atoms. The molecule has 3 rings (SSSR count). The van der Waals surface area contributed by atoms with Crippen LogP contribution in [0.5, 0.6) is 0 Å². The first kappa shape index (κ1) is 22.0. The molecule has 0 radical (unpaired) electrons. The summed E-state index contributed by atoms with van der Waals surface area (Å²) in [5, 5.41) is 1.91. The Bertz CT molecular complexity index is 1100. The van der Waals surface area contributed by atoms with Gasteiger partial charge in [0.05, 0.1) is 14.9 Å². The minimum Gasteiger partial charge on any atom is -0.272 e. The summed E-state index contributed by atoms with van der Waals surface area (Å²) in [6.07, 6.45) is 0. The maximum Gasteiger partial charge on any atom is 0.269 e. The molecule has 3 aromatic rings. The second-order valence-corrected chi connectivity index (χ2v) is 10.1. The zero-order valence-electron chi connectivity index (χ0n) is 15.7. The van der Waals surface area contributed by atoms with Gasteiger partial charge in [0.2, 0.25) is 15.9 Å². The van der Waals surface area contributed by atoms with Crippen LogP contribution in [0.4, 0.5) is 0 Å². The Hall–Kier alpha value is -2.66. The molecule has 1 heterocycles. The summed E-state index contributed by atoms with van der Waals surface area (Å²) < 4.78 is 28.6. The molecule has 30 heavy (non-hydrogen) atoms. The Morgan fingerprint density at radius 3 is 2.47 bits per heavy atom. The van der Waals surface area contributed by atoms with Crippen molar-refractivity contribution >= 4 is 44.9 Å². The lowest BCUT2D eigenvalue weighted by Gasteiger charge is -2.10. The lowest BCUT2D eigenvalue weighted by atomic mass is 10.2. The Labute approximate surface area is 182 Å². The summed E-state index contributed by atoms with van der Waals surface area (Å²) in [6, 6.07) is 18.5. The van der Waals surface area contributed by atoms with Crippen LogP contribution in [0.1, 0.15) is 15.9 Å². The third-order valence-corrected chi connectivity index (χ3v) is 7.40. The Balaban J connectivity index is 1.55. The summed E-state index contributed by atoms with van der Waals surface area (Å²) in [5.41, 5.74) is 5.56. The van der Waals surface area contributed by atoms with Gasteiger partial charge >= 0.3 is 0 Å². The molecular weight excluding hydrogens is 442 g/mol. The molecular formula is C20H19N3O4S3. The highest BCUT2D eigenvalue weighted by Crippen LogP contribution is 2.22. The van der Waals surface area contributed by atoms with Gasteiger partial charge in [-0.25, -0.2) is 13.1 Å². The molecule has 156 valence electrons. The van der Waals surface area contributed by atoms with Crippen LogP contribution in [0.15, 0.2) is 81.2 Å². The second-order valence-electron chi connectivity index (χ2n) is 6.06. The van der Waals surface area contributed by atoms with Crippen LogP contribution in [-0.2, 0) is 21.4 Å². The number of thiophene rings is 1. The predicted molar refractivity (Wildman–Crippen MR) is 118 cm³/mol. The zero-order valence-corrected chi connectivity index (χ0v) is 18.1. The normalized spacial score (nSPS) is 11.1. The van der Waals surface area contributed by atoms with Gasteiger partial charge < -0.3 is 0 Å². The standard InChI is InChI=1S/C20H19N3O4S3/c24-18(14-29-19-10-5-11-28-19)22-23-20(25)16-8-4-9-17(12-16)30(26,27)21-13-15-6-2-1-3-7-15/h1-12,21H,13-14H2,(H,22,24)(H,23,25). The summed E-state index contributed by atoms with van der Waals surface area (Å²) in [4.78, 5) is 24.1. The molecule has 0 aliphatic carbocycles. The van der Waals surface area contributed by atoms with Crippen LogP contribution in [0.2, 0.25) is 0 Å². The third kappa shape index (κ3) is 6.42. The first-order valence-electron chi connectivity index (χ1n) is 8.83. The van der Waals surface area contributed by atoms with Gasteiger partial charge in [-0.05, 0) is 35.2 Å². The lowest BCUT2D eigenvalue weighted by molar-refractivity contribution is -0.119. The first-order chi connectivity index (χ1) is 14.4. The minimum atomic E-state index is -3.80. The monoisotopic (exact) mass is 461 g/mol. The van der Waals surface area contributed by atoms with Crippen molar-refractivity contribution in [1.29, 1.82) is 0 Å². The van der Waals surface area contributed by atoms with Crippen LogP contribution >= 0.6 is 23.1 Å². The number of benzene rings is 2. The fraction of sp³-hybridized carbons (Fsp3) is 0.100. The van der Waals surface area contributed by atoms with Crippen molar-refractivity contribution in [1.82, 2.24) is 15.6 Å². The van der Waals surface area contributed by atoms with E-state index in [1.54, 1.807) is 0 Å². The van der Waals surface area contributed by atoms with Crippen molar-refractivity contribution in [2.45, 2.75) is 15.6 Å². The van der Waals surface area contributed by atoms with E-state index in [1.807, 2.05) is 47.8 Å². The topological polar surface area (TPSA) is 104 Å². The van der Waals surface area contributed by atoms with E-state index in [2.05, 4.69) is 15.6 Å². The van der Waals surface area contributed by atoms with E-state index in [0.717, 1.165) is 9.77 Å². The molecule has 0 atom stereocenters. The molecule has 0 saturated heterocycles. The number of rotatable bonds is 8. The third-order valence-electron chi connectivity index (χ3n) is 3.87. The number of carbonyl (C=O) groups excluding carboxylic acids is 2. The Morgan fingerprint density at radius 1 is 0.933 bits per heavy atom.